The molecule has 130 valence electrons. The Morgan fingerprint density at radius 1 is 1.42 bits per heavy atom. The maximum absolute atomic E-state index is 12.4. The van der Waals surface area contributed by atoms with Crippen LogP contribution < -0.4 is 5.32 Å². The molecule has 0 saturated carbocycles. The highest BCUT2D eigenvalue weighted by Gasteiger charge is 2.24. The maximum atomic E-state index is 12.4. The zero-order valence-electron chi connectivity index (χ0n) is 14.5. The molecular formula is C17H25N5O2. The minimum absolute atomic E-state index is 0.00697. The lowest BCUT2D eigenvalue weighted by molar-refractivity contribution is 0.168. The number of hydrogen-bond donors (Lipinski definition) is 1. The van der Waals surface area contributed by atoms with Crippen LogP contribution in [-0.4, -0.2) is 45.5 Å². The van der Waals surface area contributed by atoms with Crippen LogP contribution in [0.15, 0.2) is 23.0 Å². The van der Waals surface area contributed by atoms with Crippen molar-refractivity contribution >= 4 is 6.03 Å². The molecule has 3 rings (SSSR count). The van der Waals surface area contributed by atoms with Crippen molar-refractivity contribution in [1.82, 2.24) is 25.2 Å². The third kappa shape index (κ3) is 3.44. The molecule has 7 nitrogen and oxygen atoms in total. The van der Waals surface area contributed by atoms with Crippen LogP contribution in [0.1, 0.15) is 48.7 Å². The van der Waals surface area contributed by atoms with Crippen molar-refractivity contribution in [3.8, 4) is 0 Å². The first-order valence-electron chi connectivity index (χ1n) is 8.51. The number of urea groups is 1. The van der Waals surface area contributed by atoms with Crippen LogP contribution in [0.5, 0.6) is 0 Å². The Kier molecular flexibility index (Phi) is 4.87. The highest BCUT2D eigenvalue weighted by molar-refractivity contribution is 5.74. The summed E-state index contributed by atoms with van der Waals surface area (Å²) >= 11 is 0. The Labute approximate surface area is 142 Å². The van der Waals surface area contributed by atoms with Crippen molar-refractivity contribution in [1.29, 1.82) is 0 Å². The van der Waals surface area contributed by atoms with Crippen LogP contribution in [0.25, 0.3) is 0 Å². The number of aromatic nitrogens is 3. The van der Waals surface area contributed by atoms with Gasteiger partial charge in [-0.15, -0.1) is 0 Å². The average Bonchev–Trinajstić information content (AvgIpc) is 3.23. The van der Waals surface area contributed by atoms with Crippen LogP contribution in [0.2, 0.25) is 0 Å². The summed E-state index contributed by atoms with van der Waals surface area (Å²) in [7, 11) is 0. The van der Waals surface area contributed by atoms with Gasteiger partial charge in [-0.25, -0.2) is 4.79 Å². The van der Waals surface area contributed by atoms with Crippen molar-refractivity contribution < 1.29 is 9.32 Å². The lowest BCUT2D eigenvalue weighted by atomic mass is 9.99. The predicted octanol–water partition coefficient (Wildman–Crippen LogP) is 2.64. The molecule has 7 heteroatoms. The van der Waals surface area contributed by atoms with Crippen LogP contribution in [0.4, 0.5) is 4.79 Å². The predicted molar refractivity (Wildman–Crippen MR) is 89.9 cm³/mol. The first-order chi connectivity index (χ1) is 11.6. The molecular weight excluding hydrogens is 306 g/mol. The summed E-state index contributed by atoms with van der Waals surface area (Å²) in [6.07, 6.45) is 5.67. The number of carbonyl (C=O) groups is 1. The number of hydrogen-bond acceptors (Lipinski definition) is 4. The highest BCUT2D eigenvalue weighted by atomic mass is 16.5. The van der Waals surface area contributed by atoms with Crippen molar-refractivity contribution in [2.45, 2.75) is 45.6 Å². The van der Waals surface area contributed by atoms with E-state index in [1.54, 1.807) is 6.20 Å². The molecule has 0 aromatic carbocycles. The number of nitrogens with one attached hydrogen (secondary N) is 1. The van der Waals surface area contributed by atoms with E-state index in [1.807, 2.05) is 35.7 Å². The second-order valence-corrected chi connectivity index (χ2v) is 6.53. The summed E-state index contributed by atoms with van der Waals surface area (Å²) in [4.78, 5) is 14.3. The average molecular weight is 331 g/mol. The quantitative estimate of drug-likeness (QED) is 0.934. The molecule has 2 aromatic rings. The largest absolute Gasteiger partial charge is 0.361 e. The second kappa shape index (κ2) is 7.07. The van der Waals surface area contributed by atoms with Gasteiger partial charge in [0.2, 0.25) is 0 Å². The number of likely N-dealkylation sites (tertiary alicyclic amines) is 1. The zero-order chi connectivity index (χ0) is 17.1. The van der Waals surface area contributed by atoms with Crippen LogP contribution >= 0.6 is 0 Å². The molecule has 0 unspecified atom stereocenters. The van der Waals surface area contributed by atoms with Gasteiger partial charge in [0.15, 0.2) is 0 Å². The summed E-state index contributed by atoms with van der Waals surface area (Å²) in [6.45, 7) is 8.03. The smallest absolute Gasteiger partial charge is 0.317 e. The molecule has 0 bridgehead atoms. The monoisotopic (exact) mass is 331 g/mol. The first-order valence-corrected chi connectivity index (χ1v) is 8.51. The summed E-state index contributed by atoms with van der Waals surface area (Å²) in [5, 5.41) is 11.3. The van der Waals surface area contributed by atoms with Gasteiger partial charge in [-0.3, -0.25) is 4.68 Å². The molecule has 3 heterocycles. The second-order valence-electron chi connectivity index (χ2n) is 6.53. The minimum Gasteiger partial charge on any atom is -0.361 e. The molecule has 1 atom stereocenters. The van der Waals surface area contributed by atoms with Gasteiger partial charge in [0.25, 0.3) is 0 Å². The van der Waals surface area contributed by atoms with Crippen LogP contribution in [0, 0.1) is 13.8 Å². The SMILES string of the molecule is Cc1noc(C)c1[C@@H](C)CNC(=O)N1CCC(n2cccn2)CC1. The molecule has 0 aliphatic carbocycles. The molecule has 0 spiro atoms. The van der Waals surface area contributed by atoms with E-state index in [-0.39, 0.29) is 11.9 Å². The number of nitrogens with zero attached hydrogens (tertiary/aromatic N) is 4. The first kappa shape index (κ1) is 16.5. The fourth-order valence-corrected chi connectivity index (χ4v) is 3.48. The van der Waals surface area contributed by atoms with E-state index in [0.29, 0.717) is 12.6 Å². The van der Waals surface area contributed by atoms with E-state index in [0.717, 1.165) is 42.9 Å². The summed E-state index contributed by atoms with van der Waals surface area (Å²) in [5.74, 6) is 1.01. The van der Waals surface area contributed by atoms with E-state index in [9.17, 15) is 4.79 Å². The number of amides is 2. The van der Waals surface area contributed by atoms with E-state index < -0.39 is 0 Å². The van der Waals surface area contributed by atoms with E-state index >= 15 is 0 Å². The van der Waals surface area contributed by atoms with Gasteiger partial charge in [-0.1, -0.05) is 12.1 Å². The summed E-state index contributed by atoms with van der Waals surface area (Å²) in [6, 6.07) is 2.34. The Hall–Kier alpha value is -2.31. The van der Waals surface area contributed by atoms with Crippen molar-refractivity contribution in [3.05, 3.63) is 35.5 Å². The van der Waals surface area contributed by atoms with Crippen LogP contribution in [-0.2, 0) is 0 Å². The van der Waals surface area contributed by atoms with Gasteiger partial charge in [-0.05, 0) is 32.8 Å². The molecule has 1 aliphatic heterocycles. The Morgan fingerprint density at radius 3 is 2.75 bits per heavy atom. The van der Waals surface area contributed by atoms with E-state index in [2.05, 4.69) is 22.5 Å². The van der Waals surface area contributed by atoms with E-state index in [1.165, 1.54) is 0 Å². The van der Waals surface area contributed by atoms with Gasteiger partial charge >= 0.3 is 6.03 Å². The van der Waals surface area contributed by atoms with Gasteiger partial charge in [0.1, 0.15) is 5.76 Å². The molecule has 1 fully saturated rings. The third-order valence-corrected chi connectivity index (χ3v) is 4.79. The Balaban J connectivity index is 1.48. The highest BCUT2D eigenvalue weighted by Crippen LogP contribution is 2.23. The lowest BCUT2D eigenvalue weighted by Crippen LogP contribution is -2.45. The fourth-order valence-electron chi connectivity index (χ4n) is 3.48. The topological polar surface area (TPSA) is 76.2 Å². The zero-order valence-corrected chi connectivity index (χ0v) is 14.5. The van der Waals surface area contributed by atoms with Crippen molar-refractivity contribution in [2.75, 3.05) is 19.6 Å². The number of carbonyl (C=O) groups excluding carboxylic acids is 1. The fraction of sp³-hybridized carbons (Fsp3) is 0.588. The standard InChI is InChI=1S/C17H25N5O2/c1-12(16-13(2)20-24-14(16)3)11-18-17(23)21-9-5-15(6-10-21)22-8-4-7-19-22/h4,7-8,12,15H,5-6,9-11H2,1-3H3,(H,18,23)/t12-/m0/s1. The molecule has 0 radical (unpaired) electrons. The van der Waals surface area contributed by atoms with Gasteiger partial charge in [0.05, 0.1) is 11.7 Å². The Bertz CT molecular complexity index is 652. The molecule has 2 amide bonds. The normalized spacial score (nSPS) is 17.0. The molecule has 1 N–H and O–H groups in total. The van der Waals surface area contributed by atoms with Gasteiger partial charge < -0.3 is 14.7 Å². The van der Waals surface area contributed by atoms with Gasteiger partial charge in [0, 0.05) is 43.5 Å². The number of aryl methyl sites for hydroxylation is 2. The number of piperidine rings is 1. The summed E-state index contributed by atoms with van der Waals surface area (Å²) in [5.41, 5.74) is 1.99. The van der Waals surface area contributed by atoms with E-state index in [4.69, 9.17) is 4.52 Å². The molecule has 1 aliphatic rings. The van der Waals surface area contributed by atoms with Crippen molar-refractivity contribution in [2.24, 2.45) is 0 Å². The Morgan fingerprint density at radius 2 is 2.17 bits per heavy atom. The molecule has 24 heavy (non-hydrogen) atoms. The van der Waals surface area contributed by atoms with Gasteiger partial charge in [-0.2, -0.15) is 5.10 Å². The van der Waals surface area contributed by atoms with Crippen LogP contribution in [0.3, 0.4) is 0 Å². The summed E-state index contributed by atoms with van der Waals surface area (Å²) < 4.78 is 7.20. The maximum Gasteiger partial charge on any atom is 0.317 e. The van der Waals surface area contributed by atoms with Crippen molar-refractivity contribution in [3.63, 3.8) is 0 Å². The third-order valence-electron chi connectivity index (χ3n) is 4.79. The lowest BCUT2D eigenvalue weighted by Gasteiger charge is -2.32. The minimum atomic E-state index is 0.00697. The number of rotatable bonds is 4. The molecule has 1 saturated heterocycles. The molecule has 2 aromatic heterocycles.